The van der Waals surface area contributed by atoms with Crippen molar-refractivity contribution in [3.05, 3.63) is 0 Å². The van der Waals surface area contributed by atoms with E-state index in [1.54, 1.807) is 6.92 Å². The van der Waals surface area contributed by atoms with Gasteiger partial charge in [0, 0.05) is 6.61 Å². The summed E-state index contributed by atoms with van der Waals surface area (Å²) in [4.78, 5) is 0. The smallest absolute Gasteiger partial charge is 0.187 e. The summed E-state index contributed by atoms with van der Waals surface area (Å²) >= 11 is 0. The Morgan fingerprint density at radius 1 is 0.500 bits per heavy atom. The van der Waals surface area contributed by atoms with Gasteiger partial charge >= 0.3 is 0 Å². The van der Waals surface area contributed by atoms with E-state index in [4.69, 9.17) is 28.4 Å². The maximum Gasteiger partial charge on any atom is 0.187 e. The molecule has 0 radical (unpaired) electrons. The molecule has 0 aromatic carbocycles. The second kappa shape index (κ2) is 12.9. The van der Waals surface area contributed by atoms with Crippen LogP contribution in [0.5, 0.6) is 0 Å². The lowest BCUT2D eigenvalue weighted by atomic mass is 9.96. The Hall–Kier alpha value is -0.640. The first-order chi connectivity index (χ1) is 17.1. The topological polar surface area (TPSA) is 258 Å². The molecular weight excluding hydrogens is 496 g/mol. The number of ether oxygens (including phenoxy) is 6. The van der Waals surface area contributed by atoms with Crippen LogP contribution in [0.2, 0.25) is 0 Å². The van der Waals surface area contributed by atoms with Gasteiger partial charge in [0.05, 0.1) is 19.8 Å². The monoisotopic (exact) mass is 532 g/mol. The predicted molar refractivity (Wildman–Crippen MR) is 111 cm³/mol. The van der Waals surface area contributed by atoms with Gasteiger partial charge < -0.3 is 79.5 Å². The van der Waals surface area contributed by atoms with Crippen molar-refractivity contribution in [2.45, 2.75) is 99.0 Å². The molecule has 3 aliphatic heterocycles. The zero-order valence-electron chi connectivity index (χ0n) is 19.4. The molecule has 0 saturated carbocycles. The van der Waals surface area contributed by atoms with Crippen LogP contribution in [0.15, 0.2) is 0 Å². The molecule has 0 bridgehead atoms. The van der Waals surface area contributed by atoms with Crippen LogP contribution in [-0.4, -0.2) is 170 Å². The van der Waals surface area contributed by atoms with Crippen molar-refractivity contribution in [3.63, 3.8) is 0 Å². The van der Waals surface area contributed by atoms with Gasteiger partial charge in [0.1, 0.15) is 73.2 Å². The molecule has 0 aliphatic carbocycles. The quantitative estimate of drug-likeness (QED) is 0.132. The van der Waals surface area contributed by atoms with E-state index in [1.807, 2.05) is 0 Å². The van der Waals surface area contributed by atoms with Gasteiger partial charge in [0.25, 0.3) is 0 Å². The summed E-state index contributed by atoms with van der Waals surface area (Å²) in [6.07, 6.45) is -23.8. The second-order valence-electron chi connectivity index (χ2n) is 8.77. The first kappa shape index (κ1) is 29.9. The Balaban J connectivity index is 1.71. The molecule has 0 amide bonds. The van der Waals surface area contributed by atoms with E-state index < -0.39 is 112 Å². The molecule has 10 N–H and O–H groups in total. The van der Waals surface area contributed by atoms with Crippen molar-refractivity contribution in [3.8, 4) is 0 Å². The average molecular weight is 532 g/mol. The minimum atomic E-state index is -1.88. The van der Waals surface area contributed by atoms with Crippen molar-refractivity contribution in [2.24, 2.45) is 0 Å². The summed E-state index contributed by atoms with van der Waals surface area (Å²) < 4.78 is 32.3. The number of aliphatic hydroxyl groups excluding tert-OH is 10. The van der Waals surface area contributed by atoms with Crippen LogP contribution < -0.4 is 0 Å². The normalized spacial score (nSPS) is 50.2. The van der Waals surface area contributed by atoms with Crippen molar-refractivity contribution in [1.82, 2.24) is 0 Å². The van der Waals surface area contributed by atoms with Crippen molar-refractivity contribution in [1.29, 1.82) is 0 Å². The lowest BCUT2D eigenvalue weighted by Gasteiger charge is -2.48. The molecule has 0 spiro atoms. The van der Waals surface area contributed by atoms with Gasteiger partial charge in [-0.2, -0.15) is 0 Å². The van der Waals surface area contributed by atoms with E-state index in [9.17, 15) is 51.1 Å². The third-order valence-electron chi connectivity index (χ3n) is 6.40. The Labute approximate surface area is 205 Å². The highest BCUT2D eigenvalue weighted by Crippen LogP contribution is 2.32. The minimum Gasteiger partial charge on any atom is -0.394 e. The van der Waals surface area contributed by atoms with Gasteiger partial charge in [-0.15, -0.1) is 0 Å². The predicted octanol–water partition coefficient (Wildman–Crippen LogP) is -6.53. The number of hydrogen-bond acceptors (Lipinski definition) is 16. The highest BCUT2D eigenvalue weighted by molar-refractivity contribution is 4.96. The summed E-state index contributed by atoms with van der Waals surface area (Å²) in [6.45, 7) is -0.430. The van der Waals surface area contributed by atoms with Crippen molar-refractivity contribution in [2.75, 3.05) is 26.4 Å². The molecule has 3 heterocycles. The summed E-state index contributed by atoms with van der Waals surface area (Å²) in [5.41, 5.74) is 0. The van der Waals surface area contributed by atoms with Gasteiger partial charge in [-0.3, -0.25) is 0 Å². The lowest BCUT2D eigenvalue weighted by molar-refractivity contribution is -0.379. The molecule has 16 nitrogen and oxygen atoms in total. The molecule has 212 valence electrons. The number of aliphatic hydroxyl groups is 10. The van der Waals surface area contributed by atoms with Crippen LogP contribution in [0, 0.1) is 0 Å². The fourth-order valence-corrected chi connectivity index (χ4v) is 4.35. The fourth-order valence-electron chi connectivity index (χ4n) is 4.35. The zero-order valence-corrected chi connectivity index (χ0v) is 19.4. The van der Waals surface area contributed by atoms with E-state index in [2.05, 4.69) is 0 Å². The Bertz CT molecular complexity index is 666. The molecular formula is C20H36O16. The van der Waals surface area contributed by atoms with Crippen molar-refractivity contribution < 1.29 is 79.5 Å². The molecule has 0 aromatic rings. The molecule has 15 atom stereocenters. The maximum absolute atomic E-state index is 10.7. The third kappa shape index (κ3) is 5.99. The van der Waals surface area contributed by atoms with Gasteiger partial charge in [-0.25, -0.2) is 0 Å². The third-order valence-corrected chi connectivity index (χ3v) is 6.40. The van der Waals surface area contributed by atoms with Crippen LogP contribution in [-0.2, 0) is 28.4 Å². The first-order valence-corrected chi connectivity index (χ1v) is 11.6. The summed E-state index contributed by atoms with van der Waals surface area (Å²) in [7, 11) is 0. The molecule has 3 aliphatic rings. The fraction of sp³-hybridized carbons (Fsp3) is 1.00. The molecule has 16 heteroatoms. The van der Waals surface area contributed by atoms with Crippen LogP contribution in [0.1, 0.15) is 6.92 Å². The Kier molecular flexibility index (Phi) is 10.8. The van der Waals surface area contributed by atoms with E-state index in [0.29, 0.717) is 0 Å². The van der Waals surface area contributed by atoms with Crippen LogP contribution in [0.3, 0.4) is 0 Å². The lowest BCUT2D eigenvalue weighted by Crippen LogP contribution is -2.66. The molecule has 15 unspecified atom stereocenters. The number of rotatable bonds is 9. The minimum absolute atomic E-state index is 0.142. The molecule has 36 heavy (non-hydrogen) atoms. The van der Waals surface area contributed by atoms with Gasteiger partial charge in [0.15, 0.2) is 18.9 Å². The average Bonchev–Trinajstić information content (AvgIpc) is 2.87. The Morgan fingerprint density at radius 2 is 0.889 bits per heavy atom. The van der Waals surface area contributed by atoms with Crippen LogP contribution >= 0.6 is 0 Å². The Morgan fingerprint density at radius 3 is 1.33 bits per heavy atom. The molecule has 3 rings (SSSR count). The summed E-state index contributed by atoms with van der Waals surface area (Å²) in [6, 6.07) is 0. The standard InChI is InChI=1S/C20H36O16/c1-2-31-18-14(29)11(26)16(7(4-22)33-18)36-20-15(30)12(27)17(8(5-23)34-20)35-19-13(28)10(25)9(24)6(3-21)32-19/h6-30H,2-5H2,1H3. The second-order valence-corrected chi connectivity index (χ2v) is 8.77. The first-order valence-electron chi connectivity index (χ1n) is 11.6. The van der Waals surface area contributed by atoms with Crippen LogP contribution in [0.25, 0.3) is 0 Å². The van der Waals surface area contributed by atoms with Gasteiger partial charge in [-0.05, 0) is 6.92 Å². The van der Waals surface area contributed by atoms with E-state index in [0.717, 1.165) is 0 Å². The highest BCUT2D eigenvalue weighted by atomic mass is 16.8. The summed E-state index contributed by atoms with van der Waals surface area (Å²) in [5, 5.41) is 101. The largest absolute Gasteiger partial charge is 0.394 e. The zero-order chi connectivity index (χ0) is 26.7. The van der Waals surface area contributed by atoms with E-state index in [1.165, 1.54) is 0 Å². The summed E-state index contributed by atoms with van der Waals surface area (Å²) in [5.74, 6) is 0. The molecule has 3 saturated heterocycles. The molecule has 3 fully saturated rings. The van der Waals surface area contributed by atoms with Crippen LogP contribution in [0.4, 0.5) is 0 Å². The van der Waals surface area contributed by atoms with Crippen molar-refractivity contribution >= 4 is 0 Å². The van der Waals surface area contributed by atoms with Gasteiger partial charge in [-0.1, -0.05) is 0 Å². The van der Waals surface area contributed by atoms with E-state index in [-0.39, 0.29) is 6.61 Å². The SMILES string of the molecule is CCOC1OC(CO)C(OC2OC(CO)C(OC3OC(CO)C(O)C(O)C3O)C(O)C2O)C(O)C1O. The number of hydrogen-bond donors (Lipinski definition) is 10. The molecule has 0 aromatic heterocycles. The maximum atomic E-state index is 10.7. The highest BCUT2D eigenvalue weighted by Gasteiger charge is 2.53. The van der Waals surface area contributed by atoms with Gasteiger partial charge in [0.2, 0.25) is 0 Å². The van der Waals surface area contributed by atoms with E-state index >= 15 is 0 Å².